The Morgan fingerprint density at radius 1 is 1.27 bits per heavy atom. The number of carbonyl (C=O) groups is 4. The fourth-order valence-corrected chi connectivity index (χ4v) is 2.73. The largest absolute Gasteiger partial charge is 0.504 e. The molecule has 1 aliphatic heterocycles. The number of carbonyl (C=O) groups excluding carboxylic acids is 4. The lowest BCUT2D eigenvalue weighted by atomic mass is 10.0. The van der Waals surface area contributed by atoms with E-state index in [0.717, 1.165) is 0 Å². The number of methoxy groups -OCH3 is 1. The maximum atomic E-state index is 12.8. The molecule has 162 valence electrons. The van der Waals surface area contributed by atoms with Crippen LogP contribution in [0.25, 0.3) is 6.08 Å². The van der Waals surface area contributed by atoms with Crippen LogP contribution >= 0.6 is 0 Å². The van der Waals surface area contributed by atoms with Gasteiger partial charge in [-0.25, -0.2) is 4.79 Å². The summed E-state index contributed by atoms with van der Waals surface area (Å²) in [5.41, 5.74) is 1.01. The van der Waals surface area contributed by atoms with Gasteiger partial charge in [0, 0.05) is 17.5 Å². The predicted molar refractivity (Wildman–Crippen MR) is 109 cm³/mol. The predicted octanol–water partition coefficient (Wildman–Crippen LogP) is 1.86. The Kier molecular flexibility index (Phi) is 7.57. The van der Waals surface area contributed by atoms with Crippen molar-refractivity contribution in [1.82, 2.24) is 16.0 Å². The highest BCUT2D eigenvalue weighted by atomic mass is 16.5. The third-order valence-corrected chi connectivity index (χ3v) is 4.14. The molecule has 0 aromatic heterocycles. The van der Waals surface area contributed by atoms with Gasteiger partial charge in [-0.1, -0.05) is 12.1 Å². The Hall–Kier alpha value is -3.36. The van der Waals surface area contributed by atoms with E-state index in [1.54, 1.807) is 24.3 Å². The van der Waals surface area contributed by atoms with E-state index in [1.165, 1.54) is 13.4 Å². The molecule has 1 unspecified atom stereocenters. The minimum absolute atomic E-state index is 0.0329. The molecule has 0 saturated carbocycles. The minimum Gasteiger partial charge on any atom is -0.504 e. The molecule has 4 amide bonds. The second-order valence-electron chi connectivity index (χ2n) is 7.89. The van der Waals surface area contributed by atoms with E-state index in [9.17, 15) is 19.2 Å². The first-order chi connectivity index (χ1) is 14.1. The zero-order chi connectivity index (χ0) is 22.3. The van der Waals surface area contributed by atoms with Crippen molar-refractivity contribution in [3.8, 4) is 0 Å². The fraction of sp³-hybridized carbons (Fsp3) is 0.429. The third kappa shape index (κ3) is 6.91. The zero-order valence-electron chi connectivity index (χ0n) is 17.5. The average molecular weight is 417 g/mol. The molecule has 2 rings (SSSR count). The van der Waals surface area contributed by atoms with Gasteiger partial charge in [-0.3, -0.25) is 19.7 Å². The van der Waals surface area contributed by atoms with E-state index in [1.807, 2.05) is 20.8 Å². The smallest absolute Gasteiger partial charge is 0.407 e. The molecule has 1 aliphatic rings. The molecule has 1 fully saturated rings. The number of alkyl carbamates (subject to hydrolysis) is 1. The molecule has 9 heteroatoms. The highest BCUT2D eigenvalue weighted by Crippen LogP contribution is 2.17. The number of hydrogen-bond donors (Lipinski definition) is 3. The van der Waals surface area contributed by atoms with Crippen molar-refractivity contribution in [3.63, 3.8) is 0 Å². The summed E-state index contributed by atoms with van der Waals surface area (Å²) in [5, 5.41) is 7.54. The number of rotatable bonds is 6. The van der Waals surface area contributed by atoms with Crippen LogP contribution in [0.3, 0.4) is 0 Å². The average Bonchev–Trinajstić information content (AvgIpc) is 2.65. The Morgan fingerprint density at radius 3 is 2.63 bits per heavy atom. The molecule has 1 heterocycles. The zero-order valence-corrected chi connectivity index (χ0v) is 17.5. The van der Waals surface area contributed by atoms with Gasteiger partial charge in [0.25, 0.3) is 5.91 Å². The topological polar surface area (TPSA) is 123 Å². The van der Waals surface area contributed by atoms with Gasteiger partial charge in [0.1, 0.15) is 12.6 Å². The quantitative estimate of drug-likeness (QED) is 0.480. The lowest BCUT2D eigenvalue weighted by molar-refractivity contribution is -0.134. The molecule has 30 heavy (non-hydrogen) atoms. The first-order valence-corrected chi connectivity index (χ1v) is 9.51. The highest BCUT2D eigenvalue weighted by Gasteiger charge is 2.28. The van der Waals surface area contributed by atoms with E-state index >= 15 is 0 Å². The summed E-state index contributed by atoms with van der Waals surface area (Å²) in [4.78, 5) is 47.9. The molecule has 1 aromatic rings. The van der Waals surface area contributed by atoms with Crippen LogP contribution in [0.1, 0.15) is 55.1 Å². The molecule has 9 nitrogen and oxygen atoms in total. The summed E-state index contributed by atoms with van der Waals surface area (Å²) in [5.74, 6) is -1.38. The molecule has 1 saturated heterocycles. The van der Waals surface area contributed by atoms with E-state index in [0.29, 0.717) is 11.1 Å². The van der Waals surface area contributed by atoms with Crippen molar-refractivity contribution in [3.05, 3.63) is 41.2 Å². The summed E-state index contributed by atoms with van der Waals surface area (Å²) in [6.07, 6.45) is 2.85. The maximum Gasteiger partial charge on any atom is 0.407 e. The van der Waals surface area contributed by atoms with E-state index in [4.69, 9.17) is 9.47 Å². The van der Waals surface area contributed by atoms with E-state index < -0.39 is 29.5 Å². The van der Waals surface area contributed by atoms with Crippen molar-refractivity contribution in [1.29, 1.82) is 0 Å². The van der Waals surface area contributed by atoms with Crippen molar-refractivity contribution in [2.45, 2.75) is 51.8 Å². The van der Waals surface area contributed by atoms with Gasteiger partial charge < -0.3 is 20.1 Å². The Labute approximate surface area is 175 Å². The summed E-state index contributed by atoms with van der Waals surface area (Å²) < 4.78 is 10.1. The van der Waals surface area contributed by atoms with Gasteiger partial charge in [-0.05, 0) is 50.5 Å². The number of nitrogens with one attached hydrogen (secondary N) is 3. The molecular weight excluding hydrogens is 390 g/mol. The summed E-state index contributed by atoms with van der Waals surface area (Å²) in [7, 11) is 1.48. The van der Waals surface area contributed by atoms with Gasteiger partial charge in [-0.15, -0.1) is 0 Å². The van der Waals surface area contributed by atoms with Crippen LogP contribution in [0.2, 0.25) is 0 Å². The SMILES string of the molecule is CO/C=C/c1ccc(COC(=O)NC(C)(C)C)cc1C(=O)NC1CCC(=O)NC1=O. The van der Waals surface area contributed by atoms with Crippen LogP contribution in [0, 0.1) is 0 Å². The summed E-state index contributed by atoms with van der Waals surface area (Å²) in [6.45, 7) is 5.47. The van der Waals surface area contributed by atoms with E-state index in [2.05, 4.69) is 16.0 Å². The number of ether oxygens (including phenoxy) is 2. The molecule has 0 bridgehead atoms. The van der Waals surface area contributed by atoms with Crippen LogP contribution in [0.5, 0.6) is 0 Å². The summed E-state index contributed by atoms with van der Waals surface area (Å²) >= 11 is 0. The lowest BCUT2D eigenvalue weighted by Crippen LogP contribution is -2.52. The van der Waals surface area contributed by atoms with Crippen LogP contribution in [-0.4, -0.2) is 42.5 Å². The Morgan fingerprint density at radius 2 is 2.00 bits per heavy atom. The molecular formula is C21H27N3O6. The van der Waals surface area contributed by atoms with Crippen molar-refractivity contribution in [2.24, 2.45) is 0 Å². The number of imide groups is 1. The standard InChI is InChI=1S/C21H27N3O6/c1-21(2,3)24-20(28)30-12-13-5-6-14(9-10-29-4)15(11-13)18(26)22-16-7-8-17(25)23-19(16)27/h5-6,9-11,16H,7-8,12H2,1-4H3,(H,22,26)(H,24,28)(H,23,25,27)/b10-9+. The second kappa shape index (κ2) is 9.91. The number of hydrogen-bond acceptors (Lipinski definition) is 6. The normalized spacial score (nSPS) is 16.7. The fourth-order valence-electron chi connectivity index (χ4n) is 2.73. The summed E-state index contributed by atoms with van der Waals surface area (Å²) in [6, 6.07) is 4.20. The third-order valence-electron chi connectivity index (χ3n) is 4.14. The van der Waals surface area contributed by atoms with Gasteiger partial charge >= 0.3 is 6.09 Å². The van der Waals surface area contributed by atoms with Gasteiger partial charge in [-0.2, -0.15) is 0 Å². The van der Waals surface area contributed by atoms with Gasteiger partial charge in [0.05, 0.1) is 13.4 Å². The molecule has 1 atom stereocenters. The van der Waals surface area contributed by atoms with Crippen LogP contribution < -0.4 is 16.0 Å². The Balaban J connectivity index is 2.16. The van der Waals surface area contributed by atoms with Gasteiger partial charge in [0.2, 0.25) is 11.8 Å². The minimum atomic E-state index is -0.799. The lowest BCUT2D eigenvalue weighted by Gasteiger charge is -2.22. The monoisotopic (exact) mass is 417 g/mol. The molecule has 1 aromatic carbocycles. The maximum absolute atomic E-state index is 12.8. The molecule has 0 radical (unpaired) electrons. The molecule has 3 N–H and O–H groups in total. The first kappa shape index (κ1) is 22.9. The van der Waals surface area contributed by atoms with Crippen LogP contribution in [0.4, 0.5) is 4.79 Å². The number of benzene rings is 1. The second-order valence-corrected chi connectivity index (χ2v) is 7.89. The van der Waals surface area contributed by atoms with Crippen molar-refractivity contribution >= 4 is 29.9 Å². The number of amides is 4. The molecule has 0 spiro atoms. The van der Waals surface area contributed by atoms with Crippen molar-refractivity contribution in [2.75, 3.05) is 7.11 Å². The van der Waals surface area contributed by atoms with Gasteiger partial charge in [0.15, 0.2) is 0 Å². The first-order valence-electron chi connectivity index (χ1n) is 9.51. The highest BCUT2D eigenvalue weighted by molar-refractivity contribution is 6.04. The Bertz CT molecular complexity index is 857. The van der Waals surface area contributed by atoms with E-state index in [-0.39, 0.29) is 30.9 Å². The van der Waals surface area contributed by atoms with Crippen LogP contribution in [0.15, 0.2) is 24.5 Å². The van der Waals surface area contributed by atoms with Crippen LogP contribution in [-0.2, 0) is 25.7 Å². The molecule has 0 aliphatic carbocycles. The number of piperidine rings is 1. The van der Waals surface area contributed by atoms with Crippen molar-refractivity contribution < 1.29 is 28.7 Å².